The van der Waals surface area contributed by atoms with Crippen molar-refractivity contribution < 1.29 is 0 Å². The zero-order valence-electron chi connectivity index (χ0n) is 22.2. The van der Waals surface area contributed by atoms with E-state index in [1.165, 1.54) is 36.9 Å². The van der Waals surface area contributed by atoms with E-state index in [0.717, 1.165) is 23.1 Å². The number of benzene rings is 5. The second-order valence-corrected chi connectivity index (χ2v) is 11.5. The van der Waals surface area contributed by atoms with Crippen LogP contribution in [0.15, 0.2) is 127 Å². The Labute approximate surface area is 242 Å². The van der Waals surface area contributed by atoms with Crippen LogP contribution in [0.3, 0.4) is 0 Å². The fourth-order valence-corrected chi connectivity index (χ4v) is 7.01. The fraction of sp³-hybridized carbons (Fsp3) is 0.0541. The zero-order chi connectivity index (χ0) is 27.2. The number of allylic oxidation sites excluding steroid dienone is 1. The predicted molar refractivity (Wildman–Crippen MR) is 171 cm³/mol. The molecule has 1 unspecified atom stereocenters. The molecular formula is C37H25N3S. The molecule has 0 saturated heterocycles. The first-order valence-corrected chi connectivity index (χ1v) is 14.7. The lowest BCUT2D eigenvalue weighted by atomic mass is 9.84. The van der Waals surface area contributed by atoms with Gasteiger partial charge in [-0.1, -0.05) is 115 Å². The molecule has 41 heavy (non-hydrogen) atoms. The summed E-state index contributed by atoms with van der Waals surface area (Å²) in [5.41, 5.74) is 6.93. The summed E-state index contributed by atoms with van der Waals surface area (Å²) in [4.78, 5) is 15.1. The minimum atomic E-state index is 0.393. The van der Waals surface area contributed by atoms with E-state index in [4.69, 9.17) is 15.0 Å². The van der Waals surface area contributed by atoms with Crippen LogP contribution < -0.4 is 0 Å². The van der Waals surface area contributed by atoms with Gasteiger partial charge >= 0.3 is 0 Å². The van der Waals surface area contributed by atoms with Gasteiger partial charge in [-0.05, 0) is 41.3 Å². The summed E-state index contributed by atoms with van der Waals surface area (Å²) in [6, 6.07) is 42.5. The maximum Gasteiger partial charge on any atom is 0.165 e. The molecule has 5 aromatic carbocycles. The SMILES string of the molecule is C1=CC(c2ccccc2)Cc2ccc(-c3nc(-c4ccccc4)nc(-c4cccc5c4sc4ccccc45)n3)cc21. The summed E-state index contributed by atoms with van der Waals surface area (Å²) < 4.78 is 2.47. The Morgan fingerprint density at radius 2 is 1.29 bits per heavy atom. The maximum absolute atomic E-state index is 5.09. The highest BCUT2D eigenvalue weighted by atomic mass is 32.1. The van der Waals surface area contributed by atoms with Crippen LogP contribution in [0.5, 0.6) is 0 Å². The topological polar surface area (TPSA) is 38.7 Å². The molecule has 0 spiro atoms. The average Bonchev–Trinajstić information content (AvgIpc) is 3.44. The summed E-state index contributed by atoms with van der Waals surface area (Å²) in [7, 11) is 0. The van der Waals surface area contributed by atoms with Crippen molar-refractivity contribution in [1.82, 2.24) is 15.0 Å². The Kier molecular flexibility index (Phi) is 5.78. The van der Waals surface area contributed by atoms with Gasteiger partial charge in [0, 0.05) is 42.8 Å². The molecule has 0 radical (unpaired) electrons. The van der Waals surface area contributed by atoms with E-state index < -0.39 is 0 Å². The molecule has 3 nitrogen and oxygen atoms in total. The van der Waals surface area contributed by atoms with Gasteiger partial charge in [0.15, 0.2) is 17.5 Å². The first-order valence-electron chi connectivity index (χ1n) is 13.9. The molecule has 1 aliphatic rings. The smallest absolute Gasteiger partial charge is 0.165 e. The quantitative estimate of drug-likeness (QED) is 0.222. The normalized spacial score (nSPS) is 14.4. The minimum absolute atomic E-state index is 0.393. The Bertz CT molecular complexity index is 2080. The van der Waals surface area contributed by atoms with Crippen LogP contribution in [0, 0.1) is 0 Å². The van der Waals surface area contributed by atoms with Crippen molar-refractivity contribution in [3.8, 4) is 34.2 Å². The zero-order valence-corrected chi connectivity index (χ0v) is 23.1. The Morgan fingerprint density at radius 3 is 2.15 bits per heavy atom. The van der Waals surface area contributed by atoms with Crippen molar-refractivity contribution in [2.45, 2.75) is 12.3 Å². The van der Waals surface area contributed by atoms with E-state index >= 15 is 0 Å². The van der Waals surface area contributed by atoms with Gasteiger partial charge in [0.1, 0.15) is 0 Å². The maximum atomic E-state index is 5.09. The first-order chi connectivity index (χ1) is 20.3. The molecule has 8 rings (SSSR count). The van der Waals surface area contributed by atoms with Gasteiger partial charge in [0.2, 0.25) is 0 Å². The second kappa shape index (κ2) is 9.92. The Morgan fingerprint density at radius 1 is 0.585 bits per heavy atom. The molecule has 0 fully saturated rings. The minimum Gasteiger partial charge on any atom is -0.208 e. The lowest BCUT2D eigenvalue weighted by molar-refractivity contribution is 0.827. The predicted octanol–water partition coefficient (Wildman–Crippen LogP) is 9.59. The molecule has 1 aliphatic carbocycles. The van der Waals surface area contributed by atoms with Gasteiger partial charge in [-0.15, -0.1) is 11.3 Å². The molecule has 0 amide bonds. The Balaban J connectivity index is 1.26. The summed E-state index contributed by atoms with van der Waals surface area (Å²) in [5, 5.41) is 2.50. The number of hydrogen-bond acceptors (Lipinski definition) is 4. The average molecular weight is 544 g/mol. The Hall–Kier alpha value is -4.93. The van der Waals surface area contributed by atoms with Gasteiger partial charge in [0.05, 0.1) is 0 Å². The second-order valence-electron chi connectivity index (χ2n) is 10.4. The lowest BCUT2D eigenvalue weighted by Gasteiger charge is -2.20. The van der Waals surface area contributed by atoms with Crippen molar-refractivity contribution in [2.75, 3.05) is 0 Å². The number of fused-ring (bicyclic) bond motifs is 4. The highest BCUT2D eigenvalue weighted by Gasteiger charge is 2.19. The molecular weight excluding hydrogens is 518 g/mol. The van der Waals surface area contributed by atoms with Gasteiger partial charge in [-0.2, -0.15) is 0 Å². The molecule has 4 heteroatoms. The van der Waals surface area contributed by atoms with Crippen LogP contribution in [-0.4, -0.2) is 15.0 Å². The van der Waals surface area contributed by atoms with E-state index in [2.05, 4.69) is 115 Å². The summed E-state index contributed by atoms with van der Waals surface area (Å²) >= 11 is 1.79. The molecule has 0 N–H and O–H groups in total. The number of hydrogen-bond donors (Lipinski definition) is 0. The standard InChI is InChI=1S/C37H25N3S/c1-3-10-24(11-4-1)26-18-19-28-23-29(21-20-27(28)22-26)36-38-35(25-12-5-2-6-13-25)39-37(40-36)32-16-9-15-31-30-14-7-8-17-33(30)41-34(31)32/h1-21,23,26H,22H2. The van der Waals surface area contributed by atoms with Gasteiger partial charge in [0.25, 0.3) is 0 Å². The third-order valence-electron chi connectivity index (χ3n) is 7.89. The highest BCUT2D eigenvalue weighted by molar-refractivity contribution is 7.26. The van der Waals surface area contributed by atoms with Crippen LogP contribution in [0.4, 0.5) is 0 Å². The summed E-state index contributed by atoms with van der Waals surface area (Å²) in [6.45, 7) is 0. The van der Waals surface area contributed by atoms with Crippen molar-refractivity contribution in [3.05, 3.63) is 144 Å². The van der Waals surface area contributed by atoms with E-state index in [1.54, 1.807) is 11.3 Å². The van der Waals surface area contributed by atoms with E-state index in [-0.39, 0.29) is 0 Å². The van der Waals surface area contributed by atoms with Crippen molar-refractivity contribution in [1.29, 1.82) is 0 Å². The molecule has 7 aromatic rings. The summed E-state index contributed by atoms with van der Waals surface area (Å²) in [6.07, 6.45) is 5.55. The molecule has 0 bridgehead atoms. The van der Waals surface area contributed by atoms with Crippen LogP contribution in [0.2, 0.25) is 0 Å². The number of rotatable bonds is 4. The molecule has 2 aromatic heterocycles. The molecule has 1 atom stereocenters. The van der Waals surface area contributed by atoms with Crippen LogP contribution >= 0.6 is 11.3 Å². The molecule has 0 saturated carbocycles. The van der Waals surface area contributed by atoms with E-state index in [9.17, 15) is 0 Å². The number of nitrogens with zero attached hydrogens (tertiary/aromatic N) is 3. The third kappa shape index (κ3) is 4.33. The largest absolute Gasteiger partial charge is 0.208 e. The number of thiophene rings is 1. The number of aromatic nitrogens is 3. The molecule has 0 aliphatic heterocycles. The summed E-state index contributed by atoms with van der Waals surface area (Å²) in [5.74, 6) is 2.46. The molecule has 2 heterocycles. The van der Waals surface area contributed by atoms with E-state index in [1.807, 2.05) is 18.2 Å². The van der Waals surface area contributed by atoms with Gasteiger partial charge in [-0.3, -0.25) is 0 Å². The highest BCUT2D eigenvalue weighted by Crippen LogP contribution is 2.40. The lowest BCUT2D eigenvalue weighted by Crippen LogP contribution is -2.06. The van der Waals surface area contributed by atoms with Crippen molar-refractivity contribution in [2.24, 2.45) is 0 Å². The van der Waals surface area contributed by atoms with Crippen LogP contribution in [0.1, 0.15) is 22.6 Å². The fourth-order valence-electron chi connectivity index (χ4n) is 5.79. The van der Waals surface area contributed by atoms with Gasteiger partial charge in [-0.25, -0.2) is 15.0 Å². The first kappa shape index (κ1) is 23.9. The molecule has 194 valence electrons. The van der Waals surface area contributed by atoms with Crippen LogP contribution in [0.25, 0.3) is 60.4 Å². The van der Waals surface area contributed by atoms with Crippen LogP contribution in [-0.2, 0) is 6.42 Å². The monoisotopic (exact) mass is 543 g/mol. The van der Waals surface area contributed by atoms with Crippen molar-refractivity contribution >= 4 is 37.6 Å². The van der Waals surface area contributed by atoms with Crippen molar-refractivity contribution in [3.63, 3.8) is 0 Å². The third-order valence-corrected chi connectivity index (χ3v) is 9.11. The van der Waals surface area contributed by atoms with E-state index in [0.29, 0.717) is 23.4 Å². The van der Waals surface area contributed by atoms with Gasteiger partial charge < -0.3 is 0 Å².